The van der Waals surface area contributed by atoms with Crippen molar-refractivity contribution in [1.82, 2.24) is 4.98 Å². The number of carbonyl (C=O) groups is 1. The van der Waals surface area contributed by atoms with Gasteiger partial charge in [0.1, 0.15) is 5.82 Å². The van der Waals surface area contributed by atoms with E-state index in [-0.39, 0.29) is 5.97 Å². The normalized spacial score (nSPS) is 10.7. The Hall–Kier alpha value is -1.58. The van der Waals surface area contributed by atoms with Gasteiger partial charge in [0, 0.05) is 18.8 Å². The zero-order chi connectivity index (χ0) is 15.0. The lowest BCUT2D eigenvalue weighted by Crippen LogP contribution is -2.32. The molecule has 112 valence electrons. The van der Waals surface area contributed by atoms with Gasteiger partial charge in [-0.3, -0.25) is 0 Å². The number of nitrogens with zero attached hydrogens (tertiary/aromatic N) is 2. The Kier molecular flexibility index (Phi) is 7.05. The molecular formula is C16H26N2O2. The smallest absolute Gasteiger partial charge is 0.339 e. The molecule has 0 N–H and O–H groups in total. The topological polar surface area (TPSA) is 42.4 Å². The SMILES string of the molecule is CCCCCN(c1ccc(C(=O)OCC)cn1)C(C)C. The van der Waals surface area contributed by atoms with Gasteiger partial charge in [-0.25, -0.2) is 9.78 Å². The van der Waals surface area contributed by atoms with Crippen molar-refractivity contribution in [2.75, 3.05) is 18.1 Å². The fourth-order valence-corrected chi connectivity index (χ4v) is 2.06. The number of unbranched alkanes of at least 4 members (excludes halogenated alkanes) is 2. The minimum absolute atomic E-state index is 0.311. The molecule has 0 radical (unpaired) electrons. The van der Waals surface area contributed by atoms with Gasteiger partial charge in [-0.05, 0) is 39.3 Å². The second kappa shape index (κ2) is 8.56. The average molecular weight is 278 g/mol. The van der Waals surface area contributed by atoms with Crippen LogP contribution in [0.1, 0.15) is 57.3 Å². The molecule has 0 atom stereocenters. The average Bonchev–Trinajstić information content (AvgIpc) is 2.44. The van der Waals surface area contributed by atoms with E-state index < -0.39 is 0 Å². The van der Waals surface area contributed by atoms with E-state index in [0.29, 0.717) is 18.2 Å². The predicted octanol–water partition coefficient (Wildman–Crippen LogP) is 3.66. The van der Waals surface area contributed by atoms with Gasteiger partial charge in [0.05, 0.1) is 12.2 Å². The summed E-state index contributed by atoms with van der Waals surface area (Å²) in [6.45, 7) is 9.70. The molecule has 1 aromatic heterocycles. The van der Waals surface area contributed by atoms with E-state index in [1.807, 2.05) is 6.07 Å². The largest absolute Gasteiger partial charge is 0.462 e. The van der Waals surface area contributed by atoms with Crippen LogP contribution in [0.15, 0.2) is 18.3 Å². The maximum absolute atomic E-state index is 11.6. The summed E-state index contributed by atoms with van der Waals surface area (Å²) in [5.41, 5.74) is 0.507. The number of esters is 1. The van der Waals surface area contributed by atoms with Gasteiger partial charge in [0.15, 0.2) is 0 Å². The Morgan fingerprint density at radius 1 is 1.30 bits per heavy atom. The lowest BCUT2D eigenvalue weighted by Gasteiger charge is -2.28. The van der Waals surface area contributed by atoms with E-state index in [2.05, 4.69) is 30.7 Å². The molecule has 4 nitrogen and oxygen atoms in total. The number of ether oxygens (including phenoxy) is 1. The number of aromatic nitrogens is 1. The fraction of sp³-hybridized carbons (Fsp3) is 0.625. The second-order valence-electron chi connectivity index (χ2n) is 5.12. The highest BCUT2D eigenvalue weighted by atomic mass is 16.5. The summed E-state index contributed by atoms with van der Waals surface area (Å²) in [5, 5.41) is 0. The number of anilines is 1. The number of rotatable bonds is 8. The molecular weight excluding hydrogens is 252 g/mol. The standard InChI is InChI=1S/C16H26N2O2/c1-5-7-8-11-18(13(3)4)15-10-9-14(12-17-15)16(19)20-6-2/h9-10,12-13H,5-8,11H2,1-4H3. The Labute approximate surface area is 122 Å². The van der Waals surface area contributed by atoms with Gasteiger partial charge in [0.25, 0.3) is 0 Å². The van der Waals surface area contributed by atoms with Gasteiger partial charge in [-0.15, -0.1) is 0 Å². The summed E-state index contributed by atoms with van der Waals surface area (Å²) in [6, 6.07) is 4.08. The van der Waals surface area contributed by atoms with Crippen LogP contribution in [0.5, 0.6) is 0 Å². The first kappa shape index (κ1) is 16.5. The van der Waals surface area contributed by atoms with Crippen LogP contribution in [-0.4, -0.2) is 30.1 Å². The highest BCUT2D eigenvalue weighted by molar-refractivity contribution is 5.89. The summed E-state index contributed by atoms with van der Waals surface area (Å²) in [6.07, 6.45) is 5.20. The molecule has 0 aliphatic rings. The van der Waals surface area contributed by atoms with Gasteiger partial charge in [-0.1, -0.05) is 19.8 Å². The van der Waals surface area contributed by atoms with Gasteiger partial charge >= 0.3 is 5.97 Å². The highest BCUT2D eigenvalue weighted by Gasteiger charge is 2.13. The van der Waals surface area contributed by atoms with Crippen molar-refractivity contribution in [3.05, 3.63) is 23.9 Å². The van der Waals surface area contributed by atoms with Crippen molar-refractivity contribution >= 4 is 11.8 Å². The lowest BCUT2D eigenvalue weighted by molar-refractivity contribution is 0.0526. The molecule has 0 amide bonds. The van der Waals surface area contributed by atoms with Crippen LogP contribution in [0, 0.1) is 0 Å². The molecule has 20 heavy (non-hydrogen) atoms. The van der Waals surface area contributed by atoms with Gasteiger partial charge in [0.2, 0.25) is 0 Å². The summed E-state index contributed by atoms with van der Waals surface area (Å²) in [5.74, 6) is 0.609. The van der Waals surface area contributed by atoms with Crippen molar-refractivity contribution < 1.29 is 9.53 Å². The summed E-state index contributed by atoms with van der Waals surface area (Å²) >= 11 is 0. The van der Waals surface area contributed by atoms with Crippen LogP contribution in [0.4, 0.5) is 5.82 Å². The molecule has 0 fully saturated rings. The van der Waals surface area contributed by atoms with Crippen molar-refractivity contribution in [3.63, 3.8) is 0 Å². The molecule has 4 heteroatoms. The first-order chi connectivity index (χ1) is 9.60. The molecule has 0 spiro atoms. The molecule has 0 saturated carbocycles. The van der Waals surface area contributed by atoms with E-state index in [1.165, 1.54) is 12.8 Å². The van der Waals surface area contributed by atoms with Crippen LogP contribution in [0.25, 0.3) is 0 Å². The molecule has 0 bridgehead atoms. The van der Waals surface area contributed by atoms with E-state index in [9.17, 15) is 4.79 Å². The van der Waals surface area contributed by atoms with E-state index in [0.717, 1.165) is 18.8 Å². The molecule has 0 aliphatic carbocycles. The third kappa shape index (κ3) is 4.83. The maximum Gasteiger partial charge on any atom is 0.339 e. The van der Waals surface area contributed by atoms with Crippen molar-refractivity contribution in [1.29, 1.82) is 0 Å². The maximum atomic E-state index is 11.6. The molecule has 1 heterocycles. The zero-order valence-electron chi connectivity index (χ0n) is 13.1. The minimum atomic E-state index is -0.311. The third-order valence-electron chi connectivity index (χ3n) is 3.18. The molecule has 0 saturated heterocycles. The molecule has 1 rings (SSSR count). The number of hydrogen-bond acceptors (Lipinski definition) is 4. The van der Waals surface area contributed by atoms with E-state index in [4.69, 9.17) is 4.74 Å². The summed E-state index contributed by atoms with van der Waals surface area (Å²) in [7, 11) is 0. The van der Waals surface area contributed by atoms with Crippen molar-refractivity contribution in [2.45, 2.75) is 53.0 Å². The molecule has 0 aromatic carbocycles. The number of hydrogen-bond donors (Lipinski definition) is 0. The van der Waals surface area contributed by atoms with Gasteiger partial charge in [-0.2, -0.15) is 0 Å². The fourth-order valence-electron chi connectivity index (χ4n) is 2.06. The number of carbonyl (C=O) groups excluding carboxylic acids is 1. The molecule has 0 aliphatic heterocycles. The van der Waals surface area contributed by atoms with E-state index in [1.54, 1.807) is 19.2 Å². The minimum Gasteiger partial charge on any atom is -0.462 e. The second-order valence-corrected chi connectivity index (χ2v) is 5.12. The predicted molar refractivity (Wildman–Crippen MR) is 82.2 cm³/mol. The Morgan fingerprint density at radius 3 is 2.55 bits per heavy atom. The van der Waals surface area contributed by atoms with Crippen LogP contribution in [0.3, 0.4) is 0 Å². The molecule has 1 aromatic rings. The summed E-state index contributed by atoms with van der Waals surface area (Å²) < 4.78 is 4.96. The summed E-state index contributed by atoms with van der Waals surface area (Å²) in [4.78, 5) is 18.3. The Bertz CT molecular complexity index is 401. The Balaban J connectivity index is 2.74. The highest BCUT2D eigenvalue weighted by Crippen LogP contribution is 2.16. The first-order valence-electron chi connectivity index (χ1n) is 7.50. The van der Waals surface area contributed by atoms with Crippen LogP contribution in [-0.2, 0) is 4.74 Å². The van der Waals surface area contributed by atoms with Gasteiger partial charge < -0.3 is 9.64 Å². The quantitative estimate of drug-likeness (QED) is 0.537. The van der Waals surface area contributed by atoms with Crippen molar-refractivity contribution in [2.24, 2.45) is 0 Å². The number of pyridine rings is 1. The van der Waals surface area contributed by atoms with E-state index >= 15 is 0 Å². The van der Waals surface area contributed by atoms with Crippen LogP contribution in [0.2, 0.25) is 0 Å². The first-order valence-corrected chi connectivity index (χ1v) is 7.50. The van der Waals surface area contributed by atoms with Crippen LogP contribution < -0.4 is 4.90 Å². The van der Waals surface area contributed by atoms with Crippen LogP contribution >= 0.6 is 0 Å². The van der Waals surface area contributed by atoms with Crippen molar-refractivity contribution in [3.8, 4) is 0 Å². The monoisotopic (exact) mass is 278 g/mol. The molecule has 0 unspecified atom stereocenters. The lowest BCUT2D eigenvalue weighted by atomic mass is 10.2. The third-order valence-corrected chi connectivity index (χ3v) is 3.18. The Morgan fingerprint density at radius 2 is 2.05 bits per heavy atom. The zero-order valence-corrected chi connectivity index (χ0v) is 13.1.